The molecule has 8 nitrogen and oxygen atoms in total. The summed E-state index contributed by atoms with van der Waals surface area (Å²) in [6.07, 6.45) is 3.79. The van der Waals surface area contributed by atoms with E-state index in [0.717, 1.165) is 22.0 Å². The fourth-order valence-electron chi connectivity index (χ4n) is 3.55. The molecule has 8 heteroatoms. The van der Waals surface area contributed by atoms with Crippen LogP contribution in [0.15, 0.2) is 59.3 Å². The van der Waals surface area contributed by atoms with Gasteiger partial charge < -0.3 is 29.9 Å². The highest BCUT2D eigenvalue weighted by Crippen LogP contribution is 2.30. The molecule has 2 aromatic heterocycles. The average molecular weight is 420 g/mol. The normalized spacial score (nSPS) is 12.0. The Kier molecular flexibility index (Phi) is 5.90. The van der Waals surface area contributed by atoms with Gasteiger partial charge in [-0.25, -0.2) is 4.98 Å². The second kappa shape index (κ2) is 8.93. The van der Waals surface area contributed by atoms with Crippen LogP contribution in [0.25, 0.3) is 10.9 Å². The number of hydrogen-bond donors (Lipinski definition) is 3. The van der Waals surface area contributed by atoms with Gasteiger partial charge in [0.25, 0.3) is 5.91 Å². The molecule has 1 unspecified atom stereocenters. The van der Waals surface area contributed by atoms with Crippen molar-refractivity contribution in [2.45, 2.75) is 19.0 Å². The van der Waals surface area contributed by atoms with Crippen molar-refractivity contribution in [2.75, 3.05) is 14.2 Å². The predicted octanol–water partition coefficient (Wildman–Crippen LogP) is 3.35. The first-order valence-corrected chi connectivity index (χ1v) is 9.84. The lowest BCUT2D eigenvalue weighted by molar-refractivity contribution is 0.0945. The maximum Gasteiger partial charge on any atom is 0.273 e. The summed E-state index contributed by atoms with van der Waals surface area (Å²) >= 11 is 0. The number of aromatic nitrogens is 2. The third-order valence-corrected chi connectivity index (χ3v) is 5.11. The number of benzene rings is 2. The zero-order chi connectivity index (χ0) is 21.8. The van der Waals surface area contributed by atoms with E-state index in [1.54, 1.807) is 20.3 Å². The maximum absolute atomic E-state index is 12.5. The minimum atomic E-state index is -0.473. The molecule has 0 bridgehead atoms. The van der Waals surface area contributed by atoms with Crippen molar-refractivity contribution in [3.8, 4) is 11.5 Å². The molecule has 0 aliphatic rings. The number of H-pyrrole nitrogens is 1. The standard InChI is InChI=1S/C23H24N4O4/c1-29-20-9-5-6-14(21(20)30-2)11-26-22(28)19-13-31-23(27-19)17(24)10-15-12-25-18-8-4-3-7-16(15)18/h3-9,12-13,17,25H,10-11,24H2,1-2H3,(H,26,28). The van der Waals surface area contributed by atoms with Gasteiger partial charge in [0.15, 0.2) is 17.2 Å². The number of carbonyl (C=O) groups is 1. The van der Waals surface area contributed by atoms with E-state index in [9.17, 15) is 4.79 Å². The van der Waals surface area contributed by atoms with Crippen molar-refractivity contribution >= 4 is 16.8 Å². The topological polar surface area (TPSA) is 115 Å². The van der Waals surface area contributed by atoms with Gasteiger partial charge in [0, 0.05) is 29.2 Å². The van der Waals surface area contributed by atoms with Gasteiger partial charge >= 0.3 is 0 Å². The number of para-hydroxylation sites is 2. The molecule has 2 heterocycles. The van der Waals surface area contributed by atoms with Gasteiger partial charge in [-0.15, -0.1) is 0 Å². The molecule has 1 atom stereocenters. The lowest BCUT2D eigenvalue weighted by atomic mass is 10.1. The van der Waals surface area contributed by atoms with Gasteiger partial charge in [0.1, 0.15) is 6.26 Å². The summed E-state index contributed by atoms with van der Waals surface area (Å²) in [6, 6.07) is 13.0. The molecule has 0 aliphatic carbocycles. The number of amides is 1. The van der Waals surface area contributed by atoms with E-state index in [4.69, 9.17) is 19.6 Å². The Morgan fingerprint density at radius 3 is 2.81 bits per heavy atom. The molecule has 0 spiro atoms. The summed E-state index contributed by atoms with van der Waals surface area (Å²) in [6.45, 7) is 0.253. The Hall–Kier alpha value is -3.78. The number of ether oxygens (including phenoxy) is 2. The fraction of sp³-hybridized carbons (Fsp3) is 0.217. The highest BCUT2D eigenvalue weighted by Gasteiger charge is 2.19. The number of carbonyl (C=O) groups excluding carboxylic acids is 1. The molecule has 4 rings (SSSR count). The lowest BCUT2D eigenvalue weighted by Crippen LogP contribution is -2.24. The minimum absolute atomic E-state index is 0.172. The van der Waals surface area contributed by atoms with E-state index in [1.807, 2.05) is 42.6 Å². The van der Waals surface area contributed by atoms with Gasteiger partial charge in [-0.05, 0) is 24.1 Å². The third kappa shape index (κ3) is 4.24. The second-order valence-electron chi connectivity index (χ2n) is 7.08. The number of nitrogens with two attached hydrogens (primary N) is 1. The molecular weight excluding hydrogens is 396 g/mol. The van der Waals surface area contributed by atoms with E-state index in [2.05, 4.69) is 15.3 Å². The van der Waals surface area contributed by atoms with Crippen LogP contribution < -0.4 is 20.5 Å². The SMILES string of the molecule is COc1cccc(CNC(=O)c2coc(C(N)Cc3c[nH]c4ccccc34)n2)c1OC. The van der Waals surface area contributed by atoms with Gasteiger partial charge in [-0.3, -0.25) is 4.79 Å². The van der Waals surface area contributed by atoms with E-state index in [0.29, 0.717) is 23.8 Å². The molecule has 31 heavy (non-hydrogen) atoms. The Morgan fingerprint density at radius 1 is 1.16 bits per heavy atom. The van der Waals surface area contributed by atoms with Crippen molar-refractivity contribution < 1.29 is 18.7 Å². The molecule has 0 aliphatic heterocycles. The van der Waals surface area contributed by atoms with Crippen LogP contribution in [0.5, 0.6) is 11.5 Å². The summed E-state index contributed by atoms with van der Waals surface area (Å²) in [5.74, 6) is 1.13. The first-order valence-electron chi connectivity index (χ1n) is 9.84. The first kappa shape index (κ1) is 20.5. The minimum Gasteiger partial charge on any atom is -0.493 e. The Balaban J connectivity index is 1.42. The average Bonchev–Trinajstić information content (AvgIpc) is 3.45. The van der Waals surface area contributed by atoms with Crippen molar-refractivity contribution in [1.29, 1.82) is 0 Å². The van der Waals surface area contributed by atoms with E-state index >= 15 is 0 Å². The molecule has 0 saturated carbocycles. The summed E-state index contributed by atoms with van der Waals surface area (Å²) in [7, 11) is 3.12. The second-order valence-corrected chi connectivity index (χ2v) is 7.08. The van der Waals surface area contributed by atoms with Gasteiger partial charge in [0.05, 0.1) is 20.3 Å². The van der Waals surface area contributed by atoms with Gasteiger partial charge in [-0.1, -0.05) is 30.3 Å². The lowest BCUT2D eigenvalue weighted by Gasteiger charge is -2.12. The van der Waals surface area contributed by atoms with E-state index in [-0.39, 0.29) is 18.1 Å². The largest absolute Gasteiger partial charge is 0.493 e. The van der Waals surface area contributed by atoms with Gasteiger partial charge in [-0.2, -0.15) is 0 Å². The van der Waals surface area contributed by atoms with Crippen molar-refractivity contribution in [1.82, 2.24) is 15.3 Å². The highest BCUT2D eigenvalue weighted by molar-refractivity contribution is 5.92. The van der Waals surface area contributed by atoms with Crippen LogP contribution >= 0.6 is 0 Å². The molecule has 1 amide bonds. The number of oxazole rings is 1. The van der Waals surface area contributed by atoms with Crippen LogP contribution in [0.1, 0.15) is 33.5 Å². The number of nitrogens with zero attached hydrogens (tertiary/aromatic N) is 1. The van der Waals surface area contributed by atoms with Crippen molar-refractivity contribution in [2.24, 2.45) is 5.73 Å². The molecule has 4 N–H and O–H groups in total. The van der Waals surface area contributed by atoms with Crippen LogP contribution in [0.4, 0.5) is 0 Å². The smallest absolute Gasteiger partial charge is 0.273 e. The summed E-state index contributed by atoms with van der Waals surface area (Å²) in [5.41, 5.74) is 9.37. The van der Waals surface area contributed by atoms with Crippen LogP contribution in [-0.2, 0) is 13.0 Å². The first-order chi connectivity index (χ1) is 15.1. The van der Waals surface area contributed by atoms with Crippen LogP contribution in [0.3, 0.4) is 0 Å². The Morgan fingerprint density at radius 2 is 2.00 bits per heavy atom. The number of nitrogens with one attached hydrogen (secondary N) is 2. The van der Waals surface area contributed by atoms with Crippen LogP contribution in [-0.4, -0.2) is 30.1 Å². The van der Waals surface area contributed by atoms with E-state index in [1.165, 1.54) is 6.26 Å². The molecule has 0 fully saturated rings. The van der Waals surface area contributed by atoms with Crippen LogP contribution in [0, 0.1) is 0 Å². The number of aromatic amines is 1. The molecule has 0 radical (unpaired) electrons. The Bertz CT molecular complexity index is 1200. The summed E-state index contributed by atoms with van der Waals surface area (Å²) in [4.78, 5) is 20.1. The number of fused-ring (bicyclic) bond motifs is 1. The zero-order valence-corrected chi connectivity index (χ0v) is 17.3. The quantitative estimate of drug-likeness (QED) is 0.403. The number of methoxy groups -OCH3 is 2. The Labute approximate surface area is 179 Å². The number of hydrogen-bond acceptors (Lipinski definition) is 6. The highest BCUT2D eigenvalue weighted by atomic mass is 16.5. The molecule has 4 aromatic rings. The molecule has 2 aromatic carbocycles. The summed E-state index contributed by atoms with van der Waals surface area (Å²) in [5, 5.41) is 3.93. The van der Waals surface area contributed by atoms with Gasteiger partial charge in [0.2, 0.25) is 5.89 Å². The summed E-state index contributed by atoms with van der Waals surface area (Å²) < 4.78 is 16.2. The van der Waals surface area contributed by atoms with Crippen LogP contribution in [0.2, 0.25) is 0 Å². The molecule has 0 saturated heterocycles. The van der Waals surface area contributed by atoms with Crippen molar-refractivity contribution in [3.63, 3.8) is 0 Å². The third-order valence-electron chi connectivity index (χ3n) is 5.11. The van der Waals surface area contributed by atoms with E-state index < -0.39 is 6.04 Å². The molecule has 160 valence electrons. The predicted molar refractivity (Wildman–Crippen MR) is 116 cm³/mol. The molecular formula is C23H24N4O4. The van der Waals surface area contributed by atoms with Crippen molar-refractivity contribution in [3.05, 3.63) is 77.6 Å². The fourth-order valence-corrected chi connectivity index (χ4v) is 3.55. The number of rotatable bonds is 8. The zero-order valence-electron chi connectivity index (χ0n) is 17.3. The monoisotopic (exact) mass is 420 g/mol. The maximum atomic E-state index is 12.5.